The van der Waals surface area contributed by atoms with E-state index in [0.29, 0.717) is 23.1 Å². The van der Waals surface area contributed by atoms with Gasteiger partial charge in [-0.05, 0) is 36.2 Å². The number of nitrogens with zero attached hydrogens (tertiary/aromatic N) is 1. The molecular weight excluding hydrogens is 402 g/mol. The van der Waals surface area contributed by atoms with Crippen LogP contribution >= 0.6 is 11.8 Å². The Morgan fingerprint density at radius 1 is 1.10 bits per heavy atom. The molecule has 30 heavy (non-hydrogen) atoms. The standard InChI is InChI=1S/C22H23N3O4S/c1-28-18-9-7-16(8-10-18)11-12-23-21(27)15-30-22-24-17(13-20(26)25-22)14-29-19-5-3-2-4-6-19/h2-10,13H,11-12,14-15H2,1H3,(H,23,27)(H,24,25,26). The molecule has 1 amide bonds. The van der Waals surface area contributed by atoms with Gasteiger partial charge in [0.05, 0.1) is 18.6 Å². The smallest absolute Gasteiger partial charge is 0.251 e. The first-order chi connectivity index (χ1) is 14.6. The second-order valence-corrected chi connectivity index (χ2v) is 7.34. The Labute approximate surface area is 178 Å². The molecular formula is C22H23N3O4S. The number of rotatable bonds is 10. The highest BCUT2D eigenvalue weighted by atomic mass is 32.2. The molecule has 0 saturated heterocycles. The summed E-state index contributed by atoms with van der Waals surface area (Å²) in [7, 11) is 1.63. The van der Waals surface area contributed by atoms with Gasteiger partial charge in [0.1, 0.15) is 18.1 Å². The second-order valence-electron chi connectivity index (χ2n) is 6.38. The van der Waals surface area contributed by atoms with Crippen LogP contribution in [-0.4, -0.2) is 35.3 Å². The molecule has 0 saturated carbocycles. The molecule has 156 valence electrons. The Balaban J connectivity index is 1.44. The number of amides is 1. The van der Waals surface area contributed by atoms with E-state index in [9.17, 15) is 9.59 Å². The quantitative estimate of drug-likeness (QED) is 0.383. The molecule has 0 unspecified atom stereocenters. The van der Waals surface area contributed by atoms with E-state index in [1.807, 2.05) is 54.6 Å². The molecule has 0 atom stereocenters. The van der Waals surface area contributed by atoms with Crippen LogP contribution in [0.15, 0.2) is 70.6 Å². The lowest BCUT2D eigenvalue weighted by atomic mass is 10.1. The Morgan fingerprint density at radius 2 is 1.87 bits per heavy atom. The summed E-state index contributed by atoms with van der Waals surface area (Å²) in [6, 6.07) is 18.4. The lowest BCUT2D eigenvalue weighted by Gasteiger charge is -2.08. The molecule has 1 heterocycles. The molecule has 0 aliphatic heterocycles. The van der Waals surface area contributed by atoms with Gasteiger partial charge >= 0.3 is 0 Å². The Morgan fingerprint density at radius 3 is 2.60 bits per heavy atom. The van der Waals surface area contributed by atoms with E-state index in [1.165, 1.54) is 17.8 Å². The van der Waals surface area contributed by atoms with E-state index >= 15 is 0 Å². The molecule has 3 aromatic rings. The van der Waals surface area contributed by atoms with Crippen LogP contribution < -0.4 is 20.3 Å². The van der Waals surface area contributed by atoms with Gasteiger partial charge in [-0.3, -0.25) is 9.59 Å². The first kappa shape index (κ1) is 21.4. The summed E-state index contributed by atoms with van der Waals surface area (Å²) < 4.78 is 10.8. The largest absolute Gasteiger partial charge is 0.497 e. The molecule has 3 rings (SSSR count). The normalized spacial score (nSPS) is 10.4. The minimum atomic E-state index is -0.279. The number of aromatic nitrogens is 2. The van der Waals surface area contributed by atoms with Crippen LogP contribution in [0.2, 0.25) is 0 Å². The van der Waals surface area contributed by atoms with E-state index < -0.39 is 0 Å². The fourth-order valence-electron chi connectivity index (χ4n) is 2.62. The number of aromatic amines is 1. The van der Waals surface area contributed by atoms with Crippen LogP contribution in [-0.2, 0) is 17.8 Å². The van der Waals surface area contributed by atoms with Gasteiger partial charge < -0.3 is 19.8 Å². The number of hydrogen-bond acceptors (Lipinski definition) is 6. The second kappa shape index (κ2) is 11.1. The maximum atomic E-state index is 12.1. The van der Waals surface area contributed by atoms with E-state index in [-0.39, 0.29) is 23.8 Å². The number of carbonyl (C=O) groups excluding carboxylic acids is 1. The molecule has 0 spiro atoms. The van der Waals surface area contributed by atoms with E-state index in [2.05, 4.69) is 15.3 Å². The number of para-hydroxylation sites is 1. The number of thioether (sulfide) groups is 1. The molecule has 0 radical (unpaired) electrons. The average Bonchev–Trinajstić information content (AvgIpc) is 2.77. The summed E-state index contributed by atoms with van der Waals surface area (Å²) in [5.74, 6) is 1.54. The number of benzene rings is 2. The third-order valence-corrected chi connectivity index (χ3v) is 5.01. The predicted molar refractivity (Wildman–Crippen MR) is 116 cm³/mol. The summed E-state index contributed by atoms with van der Waals surface area (Å²) in [4.78, 5) is 31.0. The molecule has 0 fully saturated rings. The van der Waals surface area contributed by atoms with Crippen molar-refractivity contribution in [1.29, 1.82) is 0 Å². The maximum Gasteiger partial charge on any atom is 0.251 e. The van der Waals surface area contributed by atoms with E-state index in [0.717, 1.165) is 17.7 Å². The number of H-pyrrole nitrogens is 1. The van der Waals surface area contributed by atoms with Crippen molar-refractivity contribution in [3.63, 3.8) is 0 Å². The maximum absolute atomic E-state index is 12.1. The number of methoxy groups -OCH3 is 1. The zero-order chi connectivity index (χ0) is 21.2. The Kier molecular flexibility index (Phi) is 7.91. The molecule has 0 aliphatic rings. The van der Waals surface area contributed by atoms with Gasteiger partial charge in [-0.2, -0.15) is 0 Å². The van der Waals surface area contributed by atoms with Crippen molar-refractivity contribution < 1.29 is 14.3 Å². The van der Waals surface area contributed by atoms with Crippen molar-refractivity contribution in [1.82, 2.24) is 15.3 Å². The van der Waals surface area contributed by atoms with Gasteiger partial charge in [-0.1, -0.05) is 42.1 Å². The van der Waals surface area contributed by atoms with Crippen LogP contribution in [0.4, 0.5) is 0 Å². The number of nitrogens with one attached hydrogen (secondary N) is 2. The van der Waals surface area contributed by atoms with Crippen LogP contribution in [0, 0.1) is 0 Å². The first-order valence-electron chi connectivity index (χ1n) is 9.43. The van der Waals surface area contributed by atoms with Crippen LogP contribution in [0.5, 0.6) is 11.5 Å². The monoisotopic (exact) mass is 425 g/mol. The fraction of sp³-hybridized carbons (Fsp3) is 0.227. The van der Waals surface area contributed by atoms with Gasteiger partial charge in [0.2, 0.25) is 5.91 Å². The number of hydrogen-bond donors (Lipinski definition) is 2. The van der Waals surface area contributed by atoms with Crippen LogP contribution in [0.1, 0.15) is 11.3 Å². The van der Waals surface area contributed by atoms with Crippen LogP contribution in [0.25, 0.3) is 0 Å². The Hall–Kier alpha value is -3.26. The lowest BCUT2D eigenvalue weighted by Crippen LogP contribution is -2.27. The summed E-state index contributed by atoms with van der Waals surface area (Å²) in [6.45, 7) is 0.705. The molecule has 0 aliphatic carbocycles. The molecule has 2 aromatic carbocycles. The van der Waals surface area contributed by atoms with Crippen molar-refractivity contribution in [2.45, 2.75) is 18.2 Å². The van der Waals surface area contributed by atoms with Gasteiger partial charge in [0.15, 0.2) is 5.16 Å². The highest BCUT2D eigenvalue weighted by Crippen LogP contribution is 2.14. The van der Waals surface area contributed by atoms with E-state index in [1.54, 1.807) is 7.11 Å². The number of ether oxygens (including phenoxy) is 2. The van der Waals surface area contributed by atoms with Crippen molar-refractivity contribution in [2.75, 3.05) is 19.4 Å². The molecule has 7 nitrogen and oxygen atoms in total. The molecule has 2 N–H and O–H groups in total. The third-order valence-electron chi connectivity index (χ3n) is 4.14. The van der Waals surface area contributed by atoms with Gasteiger partial charge in [0, 0.05) is 12.6 Å². The minimum Gasteiger partial charge on any atom is -0.497 e. The molecule has 1 aromatic heterocycles. The molecule has 0 bridgehead atoms. The fourth-order valence-corrected chi connectivity index (χ4v) is 3.35. The van der Waals surface area contributed by atoms with Gasteiger partial charge in [0.25, 0.3) is 5.56 Å². The molecule has 8 heteroatoms. The summed E-state index contributed by atoms with van der Waals surface area (Å²) >= 11 is 1.18. The van der Waals surface area contributed by atoms with Crippen molar-refractivity contribution in [3.05, 3.63) is 82.3 Å². The van der Waals surface area contributed by atoms with E-state index in [4.69, 9.17) is 9.47 Å². The summed E-state index contributed by atoms with van der Waals surface area (Å²) in [6.07, 6.45) is 0.724. The van der Waals surface area contributed by atoms with Crippen molar-refractivity contribution >= 4 is 17.7 Å². The first-order valence-corrected chi connectivity index (χ1v) is 10.4. The lowest BCUT2D eigenvalue weighted by molar-refractivity contribution is -0.118. The van der Waals surface area contributed by atoms with Crippen molar-refractivity contribution in [2.24, 2.45) is 0 Å². The minimum absolute atomic E-state index is 0.123. The summed E-state index contributed by atoms with van der Waals surface area (Å²) in [5.41, 5.74) is 1.34. The van der Waals surface area contributed by atoms with Crippen LogP contribution in [0.3, 0.4) is 0 Å². The van der Waals surface area contributed by atoms with Gasteiger partial charge in [-0.15, -0.1) is 0 Å². The number of carbonyl (C=O) groups is 1. The zero-order valence-corrected chi connectivity index (χ0v) is 17.4. The zero-order valence-electron chi connectivity index (χ0n) is 16.6. The van der Waals surface area contributed by atoms with Crippen molar-refractivity contribution in [3.8, 4) is 11.5 Å². The highest BCUT2D eigenvalue weighted by Gasteiger charge is 2.07. The van der Waals surface area contributed by atoms with Gasteiger partial charge in [-0.25, -0.2) is 4.98 Å². The Bertz CT molecular complexity index is 1010. The topological polar surface area (TPSA) is 93.3 Å². The average molecular weight is 426 g/mol. The highest BCUT2D eigenvalue weighted by molar-refractivity contribution is 7.99. The predicted octanol–water partition coefficient (Wildman–Crippen LogP) is 2.81. The SMILES string of the molecule is COc1ccc(CCNC(=O)CSc2nc(COc3ccccc3)cc(=O)[nH]2)cc1. The third kappa shape index (κ3) is 6.97. The summed E-state index contributed by atoms with van der Waals surface area (Å²) in [5, 5.41) is 3.26.